The summed E-state index contributed by atoms with van der Waals surface area (Å²) in [6, 6.07) is 0.488. The van der Waals surface area contributed by atoms with Crippen molar-refractivity contribution in [3.63, 3.8) is 0 Å². The van der Waals surface area contributed by atoms with Crippen molar-refractivity contribution >= 4 is 0 Å². The van der Waals surface area contributed by atoms with Gasteiger partial charge in [0.15, 0.2) is 0 Å². The van der Waals surface area contributed by atoms with E-state index in [2.05, 4.69) is 26.2 Å². The first-order valence-corrected chi connectivity index (χ1v) is 6.79. The van der Waals surface area contributed by atoms with Crippen LogP contribution in [0.1, 0.15) is 46.0 Å². The highest BCUT2D eigenvalue weighted by molar-refractivity contribution is 4.94. The molecule has 2 saturated carbocycles. The van der Waals surface area contributed by atoms with Gasteiger partial charge in [0.25, 0.3) is 0 Å². The van der Waals surface area contributed by atoms with Crippen LogP contribution in [0.25, 0.3) is 0 Å². The molecule has 1 N–H and O–H groups in total. The molecule has 0 amide bonds. The minimum atomic E-state index is -0.0451. The molecule has 2 rings (SSSR count). The van der Waals surface area contributed by atoms with Crippen LogP contribution >= 0.6 is 0 Å². The predicted octanol–water partition coefficient (Wildman–Crippen LogP) is 2.83. The van der Waals surface area contributed by atoms with Crippen LogP contribution in [0.15, 0.2) is 0 Å². The number of nitrogens with one attached hydrogen (secondary N) is 1. The molecule has 0 heterocycles. The highest BCUT2D eigenvalue weighted by atomic mass is 16.5. The van der Waals surface area contributed by atoms with Crippen LogP contribution in [-0.4, -0.2) is 25.8 Å². The van der Waals surface area contributed by atoms with E-state index in [1.54, 1.807) is 0 Å². The van der Waals surface area contributed by atoms with Gasteiger partial charge in [-0.2, -0.15) is 0 Å². The number of fused-ring (bicyclic) bond motifs is 2. The third-order valence-electron chi connectivity index (χ3n) is 5.14. The molecule has 2 heteroatoms. The fourth-order valence-corrected chi connectivity index (χ4v) is 3.86. The van der Waals surface area contributed by atoms with Crippen molar-refractivity contribution in [2.24, 2.45) is 17.8 Å². The summed E-state index contributed by atoms with van der Waals surface area (Å²) in [5.74, 6) is 3.03. The van der Waals surface area contributed by atoms with E-state index in [0.717, 1.165) is 17.8 Å². The second-order valence-corrected chi connectivity index (χ2v) is 6.32. The van der Waals surface area contributed by atoms with E-state index in [4.69, 9.17) is 4.74 Å². The molecule has 2 aliphatic carbocycles. The summed E-state index contributed by atoms with van der Waals surface area (Å²) in [5.41, 5.74) is -0.0451. The van der Waals surface area contributed by atoms with E-state index in [9.17, 15) is 0 Å². The Bertz CT molecular complexity index is 239. The summed E-state index contributed by atoms with van der Waals surface area (Å²) in [5, 5.41) is 3.45. The zero-order chi connectivity index (χ0) is 11.8. The average molecular weight is 225 g/mol. The maximum absolute atomic E-state index is 5.62. The highest BCUT2D eigenvalue weighted by Crippen LogP contribution is 2.50. The van der Waals surface area contributed by atoms with Gasteiger partial charge >= 0.3 is 0 Å². The first kappa shape index (κ1) is 12.4. The number of methoxy groups -OCH3 is 1. The Kier molecular flexibility index (Phi) is 3.60. The smallest absolute Gasteiger partial charge is 0.0775 e. The molecule has 0 aromatic heterocycles. The molecule has 2 nitrogen and oxygen atoms in total. The monoisotopic (exact) mass is 225 g/mol. The Hall–Kier alpha value is -0.0800. The molecule has 94 valence electrons. The normalized spacial score (nSPS) is 35.6. The molecule has 0 aliphatic heterocycles. The lowest BCUT2D eigenvalue weighted by Crippen LogP contribution is -2.48. The summed E-state index contributed by atoms with van der Waals surface area (Å²) in [4.78, 5) is 0. The number of rotatable bonds is 5. The van der Waals surface area contributed by atoms with Crippen LogP contribution in [0.2, 0.25) is 0 Å². The Labute approximate surface area is 100 Å². The zero-order valence-electron chi connectivity index (χ0n) is 11.3. The Morgan fingerprint density at radius 1 is 1.31 bits per heavy atom. The fraction of sp³-hybridized carbons (Fsp3) is 1.00. The van der Waals surface area contributed by atoms with Gasteiger partial charge in [-0.25, -0.2) is 0 Å². The van der Waals surface area contributed by atoms with Crippen LogP contribution in [0, 0.1) is 17.8 Å². The molecule has 0 aromatic carbocycles. The Balaban J connectivity index is 1.92. The quantitative estimate of drug-likeness (QED) is 0.777. The van der Waals surface area contributed by atoms with E-state index in [0.29, 0.717) is 6.04 Å². The fourth-order valence-electron chi connectivity index (χ4n) is 3.86. The van der Waals surface area contributed by atoms with Crippen LogP contribution in [0.5, 0.6) is 0 Å². The third kappa shape index (κ3) is 2.28. The molecule has 0 aromatic rings. The first-order valence-electron chi connectivity index (χ1n) is 6.79. The Morgan fingerprint density at radius 2 is 2.06 bits per heavy atom. The summed E-state index contributed by atoms with van der Waals surface area (Å²) in [6.45, 7) is 4.39. The zero-order valence-corrected chi connectivity index (χ0v) is 11.3. The van der Waals surface area contributed by atoms with Crippen LogP contribution in [0.3, 0.4) is 0 Å². The van der Waals surface area contributed by atoms with E-state index in [1.165, 1.54) is 32.1 Å². The molecular weight excluding hydrogens is 198 g/mol. The number of ether oxygens (including phenoxy) is 1. The topological polar surface area (TPSA) is 21.3 Å². The summed E-state index contributed by atoms with van der Waals surface area (Å²) >= 11 is 0. The summed E-state index contributed by atoms with van der Waals surface area (Å²) in [7, 11) is 3.89. The number of likely N-dealkylation sites (N-methyl/N-ethyl adjacent to an activating group) is 1. The average Bonchev–Trinajstić information content (AvgIpc) is 2.87. The van der Waals surface area contributed by atoms with Crippen LogP contribution in [-0.2, 0) is 4.74 Å². The van der Waals surface area contributed by atoms with Crippen molar-refractivity contribution in [2.75, 3.05) is 14.2 Å². The molecule has 0 spiro atoms. The number of hydrogen-bond acceptors (Lipinski definition) is 2. The lowest BCUT2D eigenvalue weighted by molar-refractivity contribution is -0.0170. The van der Waals surface area contributed by atoms with Crippen LogP contribution < -0.4 is 5.32 Å². The van der Waals surface area contributed by atoms with Gasteiger partial charge in [-0.15, -0.1) is 0 Å². The highest BCUT2D eigenvalue weighted by Gasteiger charge is 2.42. The number of hydrogen-bond donors (Lipinski definition) is 1. The second kappa shape index (κ2) is 4.66. The standard InChI is InChI=1S/C14H27NO/c1-14(2,16-4)13(15-3)9-12-8-10-5-6-11(12)7-10/h10-13,15H,5-9H2,1-4H3. The van der Waals surface area contributed by atoms with Gasteiger partial charge in [-0.05, 0) is 64.3 Å². The van der Waals surface area contributed by atoms with Crippen molar-refractivity contribution < 1.29 is 4.74 Å². The van der Waals surface area contributed by atoms with E-state index in [1.807, 2.05) is 7.11 Å². The molecular formula is C14H27NO. The van der Waals surface area contributed by atoms with Crippen LogP contribution in [0.4, 0.5) is 0 Å². The van der Waals surface area contributed by atoms with Crippen molar-refractivity contribution in [1.82, 2.24) is 5.32 Å². The van der Waals surface area contributed by atoms with E-state index < -0.39 is 0 Å². The van der Waals surface area contributed by atoms with Gasteiger partial charge in [-0.3, -0.25) is 0 Å². The lowest BCUT2D eigenvalue weighted by Gasteiger charge is -2.36. The first-order chi connectivity index (χ1) is 7.56. The summed E-state index contributed by atoms with van der Waals surface area (Å²) < 4.78 is 5.62. The Morgan fingerprint density at radius 3 is 2.50 bits per heavy atom. The molecule has 2 bridgehead atoms. The van der Waals surface area contributed by atoms with Crippen molar-refractivity contribution in [2.45, 2.75) is 57.6 Å². The molecule has 0 radical (unpaired) electrons. The van der Waals surface area contributed by atoms with Gasteiger partial charge in [0.05, 0.1) is 5.60 Å². The lowest BCUT2D eigenvalue weighted by atomic mass is 9.80. The minimum absolute atomic E-state index is 0.0451. The molecule has 4 atom stereocenters. The van der Waals surface area contributed by atoms with Gasteiger partial charge in [0.1, 0.15) is 0 Å². The van der Waals surface area contributed by atoms with Crippen molar-refractivity contribution in [3.8, 4) is 0 Å². The van der Waals surface area contributed by atoms with Crippen molar-refractivity contribution in [3.05, 3.63) is 0 Å². The van der Waals surface area contributed by atoms with Gasteiger partial charge in [0.2, 0.25) is 0 Å². The largest absolute Gasteiger partial charge is 0.377 e. The molecule has 2 aliphatic rings. The molecule has 16 heavy (non-hydrogen) atoms. The van der Waals surface area contributed by atoms with Crippen molar-refractivity contribution in [1.29, 1.82) is 0 Å². The van der Waals surface area contributed by atoms with E-state index >= 15 is 0 Å². The molecule has 2 fully saturated rings. The second-order valence-electron chi connectivity index (χ2n) is 6.32. The molecule has 4 unspecified atom stereocenters. The predicted molar refractivity (Wildman–Crippen MR) is 67.5 cm³/mol. The maximum Gasteiger partial charge on any atom is 0.0775 e. The maximum atomic E-state index is 5.62. The summed E-state index contributed by atoms with van der Waals surface area (Å²) in [6.07, 6.45) is 7.26. The molecule has 0 saturated heterocycles. The third-order valence-corrected chi connectivity index (χ3v) is 5.14. The van der Waals surface area contributed by atoms with Gasteiger partial charge in [0, 0.05) is 13.2 Å². The van der Waals surface area contributed by atoms with Gasteiger partial charge in [-0.1, -0.05) is 6.42 Å². The van der Waals surface area contributed by atoms with E-state index in [-0.39, 0.29) is 5.60 Å². The minimum Gasteiger partial charge on any atom is -0.377 e. The van der Waals surface area contributed by atoms with Gasteiger partial charge < -0.3 is 10.1 Å². The SMILES string of the molecule is CNC(CC1CC2CCC1C2)C(C)(C)OC.